The Morgan fingerprint density at radius 3 is 2.35 bits per heavy atom. The first-order valence-corrected chi connectivity index (χ1v) is 13.4. The van der Waals surface area contributed by atoms with Gasteiger partial charge in [-0.05, 0) is 24.3 Å². The summed E-state index contributed by atoms with van der Waals surface area (Å²) in [6.45, 7) is 3.14. The highest BCUT2D eigenvalue weighted by molar-refractivity contribution is 7.98. The summed E-state index contributed by atoms with van der Waals surface area (Å²) in [5.41, 5.74) is 2.39. The molecular formula is C27H29FN4O4S. The van der Waals surface area contributed by atoms with Crippen LogP contribution in [-0.2, 0) is 27.4 Å². The van der Waals surface area contributed by atoms with Crippen LogP contribution in [0.2, 0.25) is 0 Å². The first kappa shape index (κ1) is 25.6. The molecule has 1 saturated heterocycles. The van der Waals surface area contributed by atoms with Crippen LogP contribution in [0.15, 0.2) is 72.0 Å². The maximum atomic E-state index is 15.9. The lowest BCUT2D eigenvalue weighted by atomic mass is 10.1. The topological polar surface area (TPSA) is 80.0 Å². The van der Waals surface area contributed by atoms with E-state index in [1.54, 1.807) is 10.6 Å². The molecule has 5 rings (SSSR count). The van der Waals surface area contributed by atoms with Crippen LogP contribution in [0.4, 0.5) is 4.39 Å². The van der Waals surface area contributed by atoms with Crippen molar-refractivity contribution in [2.45, 2.75) is 49.8 Å². The van der Waals surface area contributed by atoms with Gasteiger partial charge in [0.1, 0.15) is 18.3 Å². The average Bonchev–Trinajstić information content (AvgIpc) is 3.49. The fourth-order valence-corrected chi connectivity index (χ4v) is 4.57. The predicted octanol–water partition coefficient (Wildman–Crippen LogP) is 4.83. The van der Waals surface area contributed by atoms with Gasteiger partial charge in [0.25, 0.3) is 0 Å². The number of halogens is 1. The van der Waals surface area contributed by atoms with E-state index in [1.807, 2.05) is 73.8 Å². The van der Waals surface area contributed by atoms with E-state index in [9.17, 15) is 0 Å². The van der Waals surface area contributed by atoms with Crippen molar-refractivity contribution in [1.82, 2.24) is 19.4 Å². The van der Waals surface area contributed by atoms with Gasteiger partial charge in [-0.25, -0.2) is 13.8 Å². The number of rotatable bonds is 11. The molecule has 194 valence electrons. The summed E-state index contributed by atoms with van der Waals surface area (Å²) in [6.07, 6.45) is -0.301. The molecule has 0 amide bonds. The summed E-state index contributed by atoms with van der Waals surface area (Å²) >= 11 is 1.38. The first-order chi connectivity index (χ1) is 18.2. The van der Waals surface area contributed by atoms with Crippen LogP contribution >= 0.6 is 11.8 Å². The molecule has 2 aromatic heterocycles. The zero-order valence-electron chi connectivity index (χ0n) is 20.7. The van der Waals surface area contributed by atoms with Crippen LogP contribution < -0.4 is 4.74 Å². The van der Waals surface area contributed by atoms with Crippen molar-refractivity contribution < 1.29 is 23.3 Å². The van der Waals surface area contributed by atoms with Gasteiger partial charge in [0, 0.05) is 6.20 Å². The quantitative estimate of drug-likeness (QED) is 0.258. The standard InChI is InChI=1S/C27H29FN4O4S/c1-3-34-27-31-26(37-2)30-25-29-20(14-32(25)27)23-22(28)24(35-16-19-12-8-5-9-13-19)21(36-23)17-33-15-18-10-6-4-7-11-18/h4-14,21-24H,3,15-17H2,1-2H3/t21-,22+,23+,24-/m1/s1. The fourth-order valence-electron chi connectivity index (χ4n) is 4.23. The molecule has 0 spiro atoms. The summed E-state index contributed by atoms with van der Waals surface area (Å²) in [5, 5.41) is 0.522. The third-order valence-electron chi connectivity index (χ3n) is 6.02. The first-order valence-electron chi connectivity index (χ1n) is 12.2. The van der Waals surface area contributed by atoms with Gasteiger partial charge in [-0.1, -0.05) is 72.4 Å². The normalized spacial score (nSPS) is 21.5. The van der Waals surface area contributed by atoms with E-state index in [-0.39, 0.29) is 13.2 Å². The molecule has 0 saturated carbocycles. The van der Waals surface area contributed by atoms with Gasteiger partial charge in [-0.2, -0.15) is 9.97 Å². The van der Waals surface area contributed by atoms with Crippen LogP contribution in [0.25, 0.3) is 5.78 Å². The lowest BCUT2D eigenvalue weighted by Gasteiger charge is -2.20. The third-order valence-corrected chi connectivity index (χ3v) is 6.56. The molecule has 0 bridgehead atoms. The molecular weight excluding hydrogens is 495 g/mol. The van der Waals surface area contributed by atoms with E-state index in [0.717, 1.165) is 11.1 Å². The number of hydrogen-bond donors (Lipinski definition) is 0. The maximum absolute atomic E-state index is 15.9. The van der Waals surface area contributed by atoms with Crippen LogP contribution in [-0.4, -0.2) is 57.2 Å². The number of nitrogens with zero attached hydrogens (tertiary/aromatic N) is 4. The van der Waals surface area contributed by atoms with Gasteiger partial charge in [0.2, 0.25) is 5.78 Å². The Kier molecular flexibility index (Phi) is 8.30. The number of thioether (sulfide) groups is 1. The van der Waals surface area contributed by atoms with Crippen molar-refractivity contribution in [3.63, 3.8) is 0 Å². The molecule has 2 aromatic carbocycles. The molecule has 4 atom stereocenters. The number of ether oxygens (including phenoxy) is 4. The summed E-state index contributed by atoms with van der Waals surface area (Å²) in [7, 11) is 0. The van der Waals surface area contributed by atoms with E-state index in [1.165, 1.54) is 11.8 Å². The second-order valence-corrected chi connectivity index (χ2v) is 9.34. The molecule has 8 nitrogen and oxygen atoms in total. The SMILES string of the molecule is CCOc1nc(SC)nc2nc([C@@H]3O[C@H](COCc4ccccc4)[C@@H](OCc4ccccc4)[C@H]3F)cn12. The minimum Gasteiger partial charge on any atom is -0.465 e. The van der Waals surface area contributed by atoms with Gasteiger partial charge < -0.3 is 18.9 Å². The third kappa shape index (κ3) is 5.93. The Morgan fingerprint density at radius 1 is 0.973 bits per heavy atom. The second-order valence-electron chi connectivity index (χ2n) is 8.56. The average molecular weight is 525 g/mol. The van der Waals surface area contributed by atoms with Gasteiger partial charge >= 0.3 is 6.01 Å². The highest BCUT2D eigenvalue weighted by Gasteiger charge is 2.48. The van der Waals surface area contributed by atoms with Crippen molar-refractivity contribution in [2.75, 3.05) is 19.5 Å². The lowest BCUT2D eigenvalue weighted by molar-refractivity contribution is -0.0740. The fraction of sp³-hybridized carbons (Fsp3) is 0.370. The molecule has 0 unspecified atom stereocenters. The molecule has 37 heavy (non-hydrogen) atoms. The van der Waals surface area contributed by atoms with Crippen molar-refractivity contribution >= 4 is 17.5 Å². The van der Waals surface area contributed by atoms with Gasteiger partial charge in [-0.3, -0.25) is 0 Å². The molecule has 3 heterocycles. The number of hydrogen-bond acceptors (Lipinski definition) is 8. The Balaban J connectivity index is 1.37. The zero-order chi connectivity index (χ0) is 25.6. The maximum Gasteiger partial charge on any atom is 0.305 e. The van der Waals surface area contributed by atoms with Crippen molar-refractivity contribution in [3.05, 3.63) is 83.7 Å². The van der Waals surface area contributed by atoms with Crippen molar-refractivity contribution in [2.24, 2.45) is 0 Å². The second kappa shape index (κ2) is 12.0. The summed E-state index contributed by atoms with van der Waals surface area (Å²) in [4.78, 5) is 13.4. The Labute approximate surface area is 219 Å². The molecule has 0 aliphatic carbocycles. The van der Waals surface area contributed by atoms with Crippen LogP contribution in [0.1, 0.15) is 29.8 Å². The minimum atomic E-state index is -1.46. The number of fused-ring (bicyclic) bond motifs is 1. The lowest BCUT2D eigenvalue weighted by Crippen LogP contribution is -2.34. The molecule has 4 aromatic rings. The Bertz CT molecular complexity index is 1290. The number of alkyl halides is 1. The number of imidazole rings is 1. The van der Waals surface area contributed by atoms with E-state index in [4.69, 9.17) is 18.9 Å². The molecule has 10 heteroatoms. The number of benzene rings is 2. The van der Waals surface area contributed by atoms with Gasteiger partial charge in [0.05, 0.1) is 32.1 Å². The Hall–Kier alpha value is -3.05. The number of aromatic nitrogens is 4. The summed E-state index contributed by atoms with van der Waals surface area (Å²) in [6, 6.07) is 19.9. The van der Waals surface area contributed by atoms with E-state index < -0.39 is 24.5 Å². The van der Waals surface area contributed by atoms with Gasteiger partial charge in [0.15, 0.2) is 11.3 Å². The summed E-state index contributed by atoms with van der Waals surface area (Å²) < 4.78 is 41.4. The van der Waals surface area contributed by atoms with Crippen LogP contribution in [0, 0.1) is 0 Å². The van der Waals surface area contributed by atoms with Crippen LogP contribution in [0.3, 0.4) is 0 Å². The van der Waals surface area contributed by atoms with Gasteiger partial charge in [-0.15, -0.1) is 0 Å². The molecule has 1 fully saturated rings. The monoisotopic (exact) mass is 524 g/mol. The highest BCUT2D eigenvalue weighted by atomic mass is 32.2. The zero-order valence-corrected chi connectivity index (χ0v) is 21.5. The predicted molar refractivity (Wildman–Crippen MR) is 137 cm³/mol. The molecule has 0 radical (unpaired) electrons. The largest absolute Gasteiger partial charge is 0.465 e. The molecule has 1 aliphatic rings. The van der Waals surface area contributed by atoms with E-state index in [2.05, 4.69) is 15.0 Å². The summed E-state index contributed by atoms with van der Waals surface area (Å²) in [5.74, 6) is 0.374. The van der Waals surface area contributed by atoms with E-state index >= 15 is 4.39 Å². The van der Waals surface area contributed by atoms with E-state index in [0.29, 0.717) is 35.9 Å². The van der Waals surface area contributed by atoms with Crippen LogP contribution in [0.5, 0.6) is 6.01 Å². The smallest absolute Gasteiger partial charge is 0.305 e. The highest BCUT2D eigenvalue weighted by Crippen LogP contribution is 2.38. The molecule has 0 N–H and O–H groups in total. The van der Waals surface area contributed by atoms with Crippen molar-refractivity contribution in [3.8, 4) is 6.01 Å². The Morgan fingerprint density at radius 2 is 1.68 bits per heavy atom. The van der Waals surface area contributed by atoms with Crippen molar-refractivity contribution in [1.29, 1.82) is 0 Å². The minimum absolute atomic E-state index is 0.180. The molecule has 1 aliphatic heterocycles.